The van der Waals surface area contributed by atoms with Crippen molar-refractivity contribution in [1.29, 1.82) is 0 Å². The summed E-state index contributed by atoms with van der Waals surface area (Å²) < 4.78 is 0. The van der Waals surface area contributed by atoms with E-state index < -0.39 is 11.9 Å². The second kappa shape index (κ2) is 5.43. The third-order valence-corrected chi connectivity index (χ3v) is 3.45. The minimum Gasteiger partial charge on any atom is -0.481 e. The predicted molar refractivity (Wildman–Crippen MR) is 71.5 cm³/mol. The number of rotatable bonds is 4. The van der Waals surface area contributed by atoms with Crippen molar-refractivity contribution in [2.24, 2.45) is 11.8 Å². The molecule has 19 heavy (non-hydrogen) atoms. The second-order valence-corrected chi connectivity index (χ2v) is 5.44. The molecule has 1 aliphatic rings. The van der Waals surface area contributed by atoms with Crippen LogP contribution in [-0.4, -0.2) is 28.4 Å². The number of carbonyl (C=O) groups is 2. The number of hydrogen-bond acceptors (Lipinski definition) is 2. The van der Waals surface area contributed by atoms with E-state index in [1.165, 1.54) is 0 Å². The number of carboxylic acids is 1. The van der Waals surface area contributed by atoms with Gasteiger partial charge < -0.3 is 10.0 Å². The Bertz CT molecular complexity index is 470. The fraction of sp³-hybridized carbons (Fsp3) is 0.467. The molecule has 1 amide bonds. The van der Waals surface area contributed by atoms with Gasteiger partial charge in [0.2, 0.25) is 5.91 Å². The number of aliphatic carboxylic acids is 1. The number of carboxylic acid groups (broad SMARTS) is 1. The van der Waals surface area contributed by atoms with Crippen LogP contribution in [0.2, 0.25) is 0 Å². The van der Waals surface area contributed by atoms with Crippen molar-refractivity contribution in [3.63, 3.8) is 0 Å². The zero-order valence-corrected chi connectivity index (χ0v) is 11.2. The Morgan fingerprint density at radius 1 is 1.37 bits per heavy atom. The highest BCUT2D eigenvalue weighted by atomic mass is 16.4. The molecule has 1 fully saturated rings. The minimum atomic E-state index is -0.895. The third-order valence-electron chi connectivity index (χ3n) is 3.45. The van der Waals surface area contributed by atoms with Crippen molar-refractivity contribution in [2.45, 2.75) is 26.3 Å². The Morgan fingerprint density at radius 2 is 2.00 bits per heavy atom. The maximum absolute atomic E-state index is 12.1. The van der Waals surface area contributed by atoms with E-state index in [-0.39, 0.29) is 18.4 Å². The zero-order valence-electron chi connectivity index (χ0n) is 11.2. The van der Waals surface area contributed by atoms with Gasteiger partial charge in [-0.3, -0.25) is 9.59 Å². The lowest BCUT2D eigenvalue weighted by Gasteiger charge is -2.28. The second-order valence-electron chi connectivity index (χ2n) is 5.44. The Balaban J connectivity index is 2.36. The van der Waals surface area contributed by atoms with E-state index in [1.54, 1.807) is 4.90 Å². The molecule has 0 unspecified atom stereocenters. The average molecular weight is 261 g/mol. The number of benzene rings is 1. The Labute approximate surface area is 113 Å². The number of amides is 1. The monoisotopic (exact) mass is 261 g/mol. The molecule has 0 bridgehead atoms. The minimum absolute atomic E-state index is 0.0602. The number of hydrogen-bond donors (Lipinski definition) is 1. The van der Waals surface area contributed by atoms with Crippen LogP contribution < -0.4 is 0 Å². The summed E-state index contributed by atoms with van der Waals surface area (Å²) >= 11 is 0. The Hall–Kier alpha value is -1.84. The Kier molecular flexibility index (Phi) is 3.88. The van der Waals surface area contributed by atoms with Gasteiger partial charge >= 0.3 is 5.97 Å². The van der Waals surface area contributed by atoms with Crippen LogP contribution in [0, 0.1) is 11.8 Å². The van der Waals surface area contributed by atoms with E-state index in [4.69, 9.17) is 0 Å². The lowest BCUT2D eigenvalue weighted by molar-refractivity contribution is -0.142. The molecule has 0 aliphatic carbocycles. The molecular weight excluding hydrogens is 242 g/mol. The lowest BCUT2D eigenvalue weighted by Crippen LogP contribution is -2.33. The van der Waals surface area contributed by atoms with Crippen LogP contribution in [0.3, 0.4) is 0 Å². The summed E-state index contributed by atoms with van der Waals surface area (Å²) in [7, 11) is 0. The van der Waals surface area contributed by atoms with Gasteiger partial charge in [-0.1, -0.05) is 44.2 Å². The van der Waals surface area contributed by atoms with Gasteiger partial charge in [0.25, 0.3) is 0 Å². The van der Waals surface area contributed by atoms with Gasteiger partial charge in [-0.05, 0) is 11.5 Å². The first-order chi connectivity index (χ1) is 9.00. The standard InChI is InChI=1S/C15H19NO3/c1-10(2)9-16-13(17)8-12(15(18)19)14(16)11-6-4-3-5-7-11/h3-7,10,12,14H,8-9H2,1-2H3,(H,18,19)/t12-,14-/m1/s1. The van der Waals surface area contributed by atoms with Crippen molar-refractivity contribution >= 4 is 11.9 Å². The summed E-state index contributed by atoms with van der Waals surface area (Å²) in [5.41, 5.74) is 0.904. The highest BCUT2D eigenvalue weighted by Gasteiger charge is 2.44. The van der Waals surface area contributed by atoms with E-state index in [0.717, 1.165) is 5.56 Å². The topological polar surface area (TPSA) is 57.6 Å². The molecule has 0 saturated carbocycles. The van der Waals surface area contributed by atoms with Crippen LogP contribution >= 0.6 is 0 Å². The predicted octanol–water partition coefficient (Wildman–Crippen LogP) is 2.32. The molecule has 4 heteroatoms. The van der Waals surface area contributed by atoms with Crippen LogP contribution in [0.25, 0.3) is 0 Å². The van der Waals surface area contributed by atoms with E-state index in [0.29, 0.717) is 12.5 Å². The average Bonchev–Trinajstić information content (AvgIpc) is 2.68. The fourth-order valence-corrected chi connectivity index (χ4v) is 2.68. The van der Waals surface area contributed by atoms with Crippen LogP contribution in [0.4, 0.5) is 0 Å². The maximum atomic E-state index is 12.1. The molecular formula is C15H19NO3. The molecule has 2 rings (SSSR count). The SMILES string of the molecule is CC(C)CN1C(=O)C[C@@H](C(=O)O)[C@H]1c1ccccc1. The van der Waals surface area contributed by atoms with Gasteiger partial charge in [-0.25, -0.2) is 0 Å². The third kappa shape index (κ3) is 2.78. The van der Waals surface area contributed by atoms with Crippen molar-refractivity contribution in [3.8, 4) is 0 Å². The van der Waals surface area contributed by atoms with Gasteiger partial charge in [0, 0.05) is 13.0 Å². The summed E-state index contributed by atoms with van der Waals surface area (Å²) in [4.78, 5) is 25.2. The summed E-state index contributed by atoms with van der Waals surface area (Å²) in [6.45, 7) is 4.66. The fourth-order valence-electron chi connectivity index (χ4n) is 2.68. The summed E-state index contributed by atoms with van der Waals surface area (Å²) in [5.74, 6) is -1.28. The molecule has 102 valence electrons. The molecule has 1 aliphatic heterocycles. The molecule has 1 heterocycles. The van der Waals surface area contributed by atoms with E-state index in [1.807, 2.05) is 44.2 Å². The largest absolute Gasteiger partial charge is 0.481 e. The molecule has 4 nitrogen and oxygen atoms in total. The van der Waals surface area contributed by atoms with E-state index in [9.17, 15) is 14.7 Å². The molecule has 0 radical (unpaired) electrons. The number of nitrogens with zero attached hydrogens (tertiary/aromatic N) is 1. The zero-order chi connectivity index (χ0) is 14.0. The quantitative estimate of drug-likeness (QED) is 0.905. The Morgan fingerprint density at radius 3 is 2.53 bits per heavy atom. The number of likely N-dealkylation sites (tertiary alicyclic amines) is 1. The van der Waals surface area contributed by atoms with E-state index in [2.05, 4.69) is 0 Å². The van der Waals surface area contributed by atoms with Crippen LogP contribution in [0.15, 0.2) is 30.3 Å². The first-order valence-corrected chi connectivity index (χ1v) is 6.58. The van der Waals surface area contributed by atoms with Gasteiger partial charge in [0.1, 0.15) is 0 Å². The molecule has 0 aromatic heterocycles. The first-order valence-electron chi connectivity index (χ1n) is 6.58. The van der Waals surface area contributed by atoms with Crippen LogP contribution in [0.1, 0.15) is 31.9 Å². The molecule has 1 saturated heterocycles. The first kappa shape index (κ1) is 13.6. The summed E-state index contributed by atoms with van der Waals surface area (Å²) in [6.07, 6.45) is 0.0988. The van der Waals surface area contributed by atoms with Crippen molar-refractivity contribution < 1.29 is 14.7 Å². The molecule has 1 aromatic rings. The maximum Gasteiger partial charge on any atom is 0.309 e. The molecule has 1 N–H and O–H groups in total. The normalized spacial score (nSPS) is 23.1. The van der Waals surface area contributed by atoms with Crippen molar-refractivity contribution in [1.82, 2.24) is 4.90 Å². The molecule has 0 spiro atoms. The lowest BCUT2D eigenvalue weighted by atomic mass is 9.93. The van der Waals surface area contributed by atoms with Crippen molar-refractivity contribution in [3.05, 3.63) is 35.9 Å². The van der Waals surface area contributed by atoms with Crippen LogP contribution in [-0.2, 0) is 9.59 Å². The highest BCUT2D eigenvalue weighted by molar-refractivity contribution is 5.87. The highest BCUT2D eigenvalue weighted by Crippen LogP contribution is 2.38. The van der Waals surface area contributed by atoms with Gasteiger partial charge in [0.05, 0.1) is 12.0 Å². The summed E-state index contributed by atoms with van der Waals surface area (Å²) in [5, 5.41) is 9.34. The molecule has 1 aromatic carbocycles. The molecule has 2 atom stereocenters. The van der Waals surface area contributed by atoms with Gasteiger partial charge in [0.15, 0.2) is 0 Å². The van der Waals surface area contributed by atoms with E-state index >= 15 is 0 Å². The smallest absolute Gasteiger partial charge is 0.309 e. The van der Waals surface area contributed by atoms with Crippen LogP contribution in [0.5, 0.6) is 0 Å². The van der Waals surface area contributed by atoms with Gasteiger partial charge in [-0.15, -0.1) is 0 Å². The van der Waals surface area contributed by atoms with Gasteiger partial charge in [-0.2, -0.15) is 0 Å². The van der Waals surface area contributed by atoms with Crippen molar-refractivity contribution in [2.75, 3.05) is 6.54 Å². The summed E-state index contributed by atoms with van der Waals surface area (Å²) in [6, 6.07) is 9.10. The number of carbonyl (C=O) groups excluding carboxylic acids is 1.